The van der Waals surface area contributed by atoms with E-state index in [2.05, 4.69) is 0 Å². The van der Waals surface area contributed by atoms with Gasteiger partial charge in [-0.15, -0.1) is 0 Å². The van der Waals surface area contributed by atoms with Crippen molar-refractivity contribution in [1.29, 1.82) is 0 Å². The van der Waals surface area contributed by atoms with Crippen molar-refractivity contribution in [3.05, 3.63) is 34.9 Å². The zero-order valence-corrected chi connectivity index (χ0v) is 16.4. The molecule has 2 fully saturated rings. The minimum atomic E-state index is -0.691. The highest BCUT2D eigenvalue weighted by molar-refractivity contribution is 7.99. The third kappa shape index (κ3) is 5.13. The fourth-order valence-corrected chi connectivity index (χ4v) is 4.72. The molecule has 0 aromatic heterocycles. The Morgan fingerprint density at radius 1 is 1.36 bits per heavy atom. The van der Waals surface area contributed by atoms with Crippen LogP contribution in [0.5, 0.6) is 0 Å². The second-order valence-electron chi connectivity index (χ2n) is 7.62. The lowest BCUT2D eigenvalue weighted by atomic mass is 10.0. The molecule has 1 aliphatic carbocycles. The molecule has 2 atom stereocenters. The van der Waals surface area contributed by atoms with Gasteiger partial charge in [0.15, 0.2) is 0 Å². The molecule has 1 amide bonds. The average Bonchev–Trinajstić information content (AvgIpc) is 3.37. The van der Waals surface area contributed by atoms with Crippen LogP contribution in [0, 0.1) is 5.92 Å². The number of carbonyl (C=O) groups is 1. The lowest BCUT2D eigenvalue weighted by Crippen LogP contribution is -2.51. The molecule has 0 spiro atoms. The summed E-state index contributed by atoms with van der Waals surface area (Å²) in [5.74, 6) is 2.14. The van der Waals surface area contributed by atoms with Crippen molar-refractivity contribution in [3.63, 3.8) is 0 Å². The molecule has 2 aliphatic rings. The van der Waals surface area contributed by atoms with Gasteiger partial charge in [-0.2, -0.15) is 11.8 Å². The van der Waals surface area contributed by atoms with Gasteiger partial charge in [0.1, 0.15) is 6.61 Å². The van der Waals surface area contributed by atoms with Gasteiger partial charge in [-0.25, -0.2) is 0 Å². The zero-order valence-electron chi connectivity index (χ0n) is 14.8. The third-order valence-corrected chi connectivity index (χ3v) is 6.39. The molecular formula is C19H26ClNO3S. The van der Waals surface area contributed by atoms with E-state index in [1.165, 1.54) is 12.8 Å². The molecule has 138 valence electrons. The van der Waals surface area contributed by atoms with E-state index < -0.39 is 5.60 Å². The number of aliphatic hydroxyl groups is 1. The third-order valence-electron chi connectivity index (χ3n) is 4.65. The van der Waals surface area contributed by atoms with Crippen LogP contribution < -0.4 is 0 Å². The van der Waals surface area contributed by atoms with Crippen molar-refractivity contribution in [3.8, 4) is 0 Å². The first-order valence-electron chi connectivity index (χ1n) is 8.79. The topological polar surface area (TPSA) is 49.8 Å². The van der Waals surface area contributed by atoms with Gasteiger partial charge in [0, 0.05) is 22.6 Å². The van der Waals surface area contributed by atoms with Crippen molar-refractivity contribution < 1.29 is 14.6 Å². The van der Waals surface area contributed by atoms with Gasteiger partial charge in [-0.05, 0) is 50.3 Å². The molecular weight excluding hydrogens is 358 g/mol. The maximum absolute atomic E-state index is 12.7. The van der Waals surface area contributed by atoms with Crippen molar-refractivity contribution in [2.45, 2.75) is 44.4 Å². The smallest absolute Gasteiger partial charge is 0.249 e. The van der Waals surface area contributed by atoms with E-state index in [1.807, 2.05) is 43.0 Å². The summed E-state index contributed by atoms with van der Waals surface area (Å²) in [7, 11) is 0. The highest BCUT2D eigenvalue weighted by atomic mass is 35.5. The molecule has 6 heteroatoms. The van der Waals surface area contributed by atoms with Crippen molar-refractivity contribution in [2.24, 2.45) is 5.92 Å². The summed E-state index contributed by atoms with van der Waals surface area (Å²) in [5.41, 5.74) is 0.374. The number of morpholine rings is 1. The Bertz CT molecular complexity index is 598. The predicted octanol–water partition coefficient (Wildman–Crippen LogP) is 3.52. The van der Waals surface area contributed by atoms with E-state index >= 15 is 0 Å². The Morgan fingerprint density at radius 2 is 2.04 bits per heavy atom. The number of hydrogen-bond donors (Lipinski definition) is 1. The maximum atomic E-state index is 12.7. The summed E-state index contributed by atoms with van der Waals surface area (Å²) >= 11 is 7.74. The molecule has 0 radical (unpaired) electrons. The van der Waals surface area contributed by atoms with Gasteiger partial charge in [0.05, 0.1) is 18.2 Å². The van der Waals surface area contributed by atoms with Crippen LogP contribution >= 0.6 is 23.4 Å². The highest BCUT2D eigenvalue weighted by Crippen LogP contribution is 2.41. The Kier molecular flexibility index (Phi) is 5.99. The van der Waals surface area contributed by atoms with Crippen LogP contribution in [0.25, 0.3) is 0 Å². The minimum absolute atomic E-state index is 0.0620. The fourth-order valence-electron chi connectivity index (χ4n) is 3.30. The number of thioether (sulfide) groups is 1. The molecule has 1 aromatic rings. The van der Waals surface area contributed by atoms with E-state index in [9.17, 15) is 9.90 Å². The van der Waals surface area contributed by atoms with Gasteiger partial charge in [0.2, 0.25) is 5.91 Å². The Morgan fingerprint density at radius 3 is 2.64 bits per heavy atom. The monoisotopic (exact) mass is 383 g/mol. The van der Waals surface area contributed by atoms with E-state index in [0.29, 0.717) is 23.3 Å². The van der Waals surface area contributed by atoms with Crippen LogP contribution in [-0.2, 0) is 9.53 Å². The predicted molar refractivity (Wildman–Crippen MR) is 102 cm³/mol. The number of benzene rings is 1. The molecule has 1 aromatic carbocycles. The lowest BCUT2D eigenvalue weighted by Gasteiger charge is -2.41. The normalized spacial score (nSPS) is 23.0. The summed E-state index contributed by atoms with van der Waals surface area (Å²) in [6.45, 7) is 4.32. The maximum Gasteiger partial charge on any atom is 0.249 e. The van der Waals surface area contributed by atoms with E-state index in [4.69, 9.17) is 16.3 Å². The second kappa shape index (κ2) is 7.87. The van der Waals surface area contributed by atoms with Crippen LogP contribution in [0.15, 0.2) is 24.3 Å². The molecule has 25 heavy (non-hydrogen) atoms. The van der Waals surface area contributed by atoms with Gasteiger partial charge >= 0.3 is 0 Å². The van der Waals surface area contributed by atoms with Crippen LogP contribution in [0.3, 0.4) is 0 Å². The number of ether oxygens (including phenoxy) is 1. The van der Waals surface area contributed by atoms with Crippen LogP contribution in [0.1, 0.15) is 38.3 Å². The average molecular weight is 384 g/mol. The first-order valence-corrected chi connectivity index (χ1v) is 10.3. The first kappa shape index (κ1) is 19.0. The molecule has 1 saturated heterocycles. The highest BCUT2D eigenvalue weighted by Gasteiger charge is 2.42. The Hall–Kier alpha value is -0.750. The molecule has 1 heterocycles. The fraction of sp³-hybridized carbons (Fsp3) is 0.632. The Labute approximate surface area is 158 Å². The number of nitrogens with zero attached hydrogens (tertiary/aromatic N) is 1. The van der Waals surface area contributed by atoms with Gasteiger partial charge in [-0.3, -0.25) is 4.79 Å². The summed E-state index contributed by atoms with van der Waals surface area (Å²) in [4.78, 5) is 14.7. The number of hydrogen-bond acceptors (Lipinski definition) is 4. The molecule has 3 rings (SSSR count). The quantitative estimate of drug-likeness (QED) is 0.782. The van der Waals surface area contributed by atoms with Crippen LogP contribution in [0.4, 0.5) is 0 Å². The summed E-state index contributed by atoms with van der Waals surface area (Å²) in [6, 6.07) is 7.83. The first-order chi connectivity index (χ1) is 11.8. The van der Waals surface area contributed by atoms with Crippen molar-refractivity contribution in [1.82, 2.24) is 4.90 Å². The summed E-state index contributed by atoms with van der Waals surface area (Å²) in [6.07, 6.45) is 2.34. The van der Waals surface area contributed by atoms with Crippen molar-refractivity contribution >= 4 is 29.3 Å². The van der Waals surface area contributed by atoms with Crippen molar-refractivity contribution in [2.75, 3.05) is 24.7 Å². The molecule has 1 aliphatic heterocycles. The van der Waals surface area contributed by atoms with Gasteiger partial charge < -0.3 is 14.7 Å². The number of amides is 1. The number of halogens is 1. The Balaban J connectivity index is 1.77. The van der Waals surface area contributed by atoms with E-state index in [0.717, 1.165) is 11.3 Å². The standard InChI is InChI=1S/C19H26ClNO3S/c1-19(2,23)12-25-11-17(14-3-4-14)21-16(9-24-10-18(21)22)13-5-7-15(20)8-6-13/h5-8,14,16-17,23H,3-4,9-12H2,1-2H3. The summed E-state index contributed by atoms with van der Waals surface area (Å²) in [5, 5.41) is 10.7. The molecule has 1 N–H and O–H groups in total. The lowest BCUT2D eigenvalue weighted by molar-refractivity contribution is -0.152. The molecule has 2 unspecified atom stereocenters. The largest absolute Gasteiger partial charge is 0.390 e. The van der Waals surface area contributed by atoms with E-state index in [-0.39, 0.29) is 24.6 Å². The van der Waals surface area contributed by atoms with Crippen LogP contribution in [0.2, 0.25) is 5.02 Å². The molecule has 4 nitrogen and oxygen atoms in total. The summed E-state index contributed by atoms with van der Waals surface area (Å²) < 4.78 is 5.55. The van der Waals surface area contributed by atoms with Gasteiger partial charge in [0.25, 0.3) is 0 Å². The van der Waals surface area contributed by atoms with Gasteiger partial charge in [-0.1, -0.05) is 23.7 Å². The number of carbonyl (C=O) groups excluding carboxylic acids is 1. The van der Waals surface area contributed by atoms with E-state index in [1.54, 1.807) is 11.8 Å². The minimum Gasteiger partial charge on any atom is -0.390 e. The number of rotatable bonds is 7. The second-order valence-corrected chi connectivity index (χ2v) is 9.08. The molecule has 1 saturated carbocycles. The van der Waals surface area contributed by atoms with Crippen LogP contribution in [-0.4, -0.2) is 52.3 Å². The molecule has 0 bridgehead atoms. The zero-order chi connectivity index (χ0) is 18.0. The SMILES string of the molecule is CC(C)(O)CSCC(C1CC1)N1C(=O)COCC1c1ccc(Cl)cc1.